The monoisotopic (exact) mass is 529 g/mol. The van der Waals surface area contributed by atoms with Gasteiger partial charge < -0.3 is 19.6 Å². The minimum absolute atomic E-state index is 0. The number of hydrogen-bond acceptors (Lipinski definition) is 2. The van der Waals surface area contributed by atoms with E-state index in [0.29, 0.717) is 0 Å². The molecule has 0 aromatic heterocycles. The number of nitrogens with two attached hydrogens (primary N) is 1. The molecule has 2 nitrogen and oxygen atoms in total. The third kappa shape index (κ3) is 14.8. The van der Waals surface area contributed by atoms with Gasteiger partial charge >= 0.3 is 31.1 Å². The molecule has 3 heteroatoms. The predicted molar refractivity (Wildman–Crippen MR) is 94.3 cm³/mol. The van der Waals surface area contributed by atoms with E-state index < -0.39 is 0 Å². The van der Waals surface area contributed by atoms with Crippen molar-refractivity contribution in [3.63, 3.8) is 0 Å². The maximum atomic E-state index is 11.7. The van der Waals surface area contributed by atoms with Crippen LogP contribution in [0.15, 0.2) is 24.3 Å². The number of rotatable bonds is 5. The van der Waals surface area contributed by atoms with Gasteiger partial charge in [0.05, 0.1) is 6.04 Å². The van der Waals surface area contributed by atoms with Crippen molar-refractivity contribution in [1.82, 2.24) is 0 Å². The van der Waals surface area contributed by atoms with Gasteiger partial charge in [-0.15, -0.1) is 0 Å². The van der Waals surface area contributed by atoms with Crippen molar-refractivity contribution in [3.8, 4) is 0 Å². The first-order chi connectivity index (χ1) is 9.98. The Morgan fingerprint density at radius 3 is 1.82 bits per heavy atom. The molecule has 0 heterocycles. The fraction of sp³-hybridized carbons (Fsp3) is 0.526. The first-order valence-corrected chi connectivity index (χ1v) is 7.93. The number of ketones is 1. The molecule has 0 spiro atoms. The van der Waals surface area contributed by atoms with Crippen LogP contribution in [0.25, 0.3) is 0 Å². The van der Waals surface area contributed by atoms with E-state index in [1.165, 1.54) is 6.42 Å². The summed E-state index contributed by atoms with van der Waals surface area (Å²) in [5.41, 5.74) is 7.63. The van der Waals surface area contributed by atoms with Crippen LogP contribution < -0.4 is 5.73 Å². The number of unbranched alkanes of at least 4 members (excludes halogenated alkanes) is 1. The summed E-state index contributed by atoms with van der Waals surface area (Å²) in [7, 11) is 0. The smallest absolute Gasteiger partial charge is 0.344 e. The van der Waals surface area contributed by atoms with Crippen molar-refractivity contribution in [2.45, 2.75) is 65.8 Å². The molecule has 0 bridgehead atoms. The molecule has 1 aromatic rings. The Morgan fingerprint density at radius 2 is 1.50 bits per heavy atom. The minimum Gasteiger partial charge on any atom is -0.344 e. The second-order valence-corrected chi connectivity index (χ2v) is 4.98. The SMILES string of the molecule is CCCC(N)C(=O)c1ccc(C)cc1.[CH2-]CC.[CH2-]CCC.[U+2]. The molecule has 0 amide bonds. The zero-order chi connectivity index (χ0) is 16.7. The van der Waals surface area contributed by atoms with Gasteiger partial charge in [0, 0.05) is 5.56 Å². The Bertz CT molecular complexity index is 347. The summed E-state index contributed by atoms with van der Waals surface area (Å²) in [6.45, 7) is 15.3. The minimum atomic E-state index is -0.345. The van der Waals surface area contributed by atoms with Crippen molar-refractivity contribution in [2.75, 3.05) is 0 Å². The van der Waals surface area contributed by atoms with E-state index in [1.807, 2.05) is 45.0 Å². The molecule has 22 heavy (non-hydrogen) atoms. The topological polar surface area (TPSA) is 43.1 Å². The number of Topliss-reactive ketones (excluding diaryl/α,β-unsaturated/α-hetero) is 1. The van der Waals surface area contributed by atoms with E-state index in [4.69, 9.17) is 5.73 Å². The fourth-order valence-electron chi connectivity index (χ4n) is 1.37. The van der Waals surface area contributed by atoms with Crippen LogP contribution in [0.5, 0.6) is 0 Å². The molecular weight excluding hydrogens is 496 g/mol. The van der Waals surface area contributed by atoms with Crippen LogP contribution in [-0.2, 0) is 0 Å². The van der Waals surface area contributed by atoms with Gasteiger partial charge in [0.2, 0.25) is 0 Å². The molecule has 1 rings (SSSR count). The van der Waals surface area contributed by atoms with E-state index >= 15 is 0 Å². The van der Waals surface area contributed by atoms with E-state index in [-0.39, 0.29) is 42.9 Å². The van der Waals surface area contributed by atoms with Crippen molar-refractivity contribution in [1.29, 1.82) is 0 Å². The zero-order valence-corrected chi connectivity index (χ0v) is 19.0. The Labute approximate surface area is 162 Å². The van der Waals surface area contributed by atoms with Crippen molar-refractivity contribution >= 4 is 5.78 Å². The zero-order valence-electron chi connectivity index (χ0n) is 14.8. The molecule has 0 aliphatic carbocycles. The van der Waals surface area contributed by atoms with Crippen molar-refractivity contribution in [3.05, 3.63) is 49.2 Å². The first-order valence-electron chi connectivity index (χ1n) is 7.93. The van der Waals surface area contributed by atoms with Crippen LogP contribution in [0.4, 0.5) is 0 Å². The molecule has 1 unspecified atom stereocenters. The summed E-state index contributed by atoms with van der Waals surface area (Å²) < 4.78 is 0. The van der Waals surface area contributed by atoms with E-state index in [1.54, 1.807) is 0 Å². The standard InChI is InChI=1S/C12H17NO.C4H9.C3H7.U/c1-3-4-11(13)12(14)10-7-5-9(2)6-8-10;1-3-4-2;1-3-2;/h5-8,11H,3-4,13H2,1-2H3;1,3-4H2,2H3;1,3H2,2H3;/q;2*-1;+2. The maximum absolute atomic E-state index is 11.7. The average molecular weight is 530 g/mol. The van der Waals surface area contributed by atoms with Crippen LogP contribution >= 0.6 is 0 Å². The maximum Gasteiger partial charge on any atom is 2.00 e. The number of aryl methyl sites for hydroxylation is 1. The average Bonchev–Trinajstić information content (AvgIpc) is 2.48. The van der Waals surface area contributed by atoms with Gasteiger partial charge in [-0.25, -0.2) is 0 Å². The van der Waals surface area contributed by atoms with Gasteiger partial charge in [-0.2, -0.15) is 12.8 Å². The molecule has 0 saturated carbocycles. The molecule has 0 radical (unpaired) electrons. The van der Waals surface area contributed by atoms with Crippen LogP contribution in [0.2, 0.25) is 0 Å². The Kier molecular flexibility index (Phi) is 23.1. The Morgan fingerprint density at radius 1 is 1.09 bits per heavy atom. The second kappa shape index (κ2) is 18.9. The second-order valence-electron chi connectivity index (χ2n) is 4.98. The van der Waals surface area contributed by atoms with Crippen LogP contribution in [-0.4, -0.2) is 11.8 Å². The molecule has 1 atom stereocenters. The van der Waals surface area contributed by atoms with Gasteiger partial charge in [0.1, 0.15) is 0 Å². The molecular formula is C19H33NOU. The molecule has 2 N–H and O–H groups in total. The van der Waals surface area contributed by atoms with E-state index in [2.05, 4.69) is 20.8 Å². The predicted octanol–water partition coefficient (Wildman–Crippen LogP) is 5.16. The van der Waals surface area contributed by atoms with Crippen LogP contribution in [0.1, 0.15) is 68.8 Å². The summed E-state index contributed by atoms with van der Waals surface area (Å²) in [6, 6.07) is 7.21. The number of hydrogen-bond donors (Lipinski definition) is 1. The number of carbonyl (C=O) groups is 1. The molecule has 0 saturated heterocycles. The summed E-state index contributed by atoms with van der Waals surface area (Å²) >= 11 is 0. The quantitative estimate of drug-likeness (QED) is 0.423. The summed E-state index contributed by atoms with van der Waals surface area (Å²) in [4.78, 5) is 11.7. The molecule has 1 aromatic carbocycles. The molecule has 124 valence electrons. The molecule has 0 aliphatic heterocycles. The van der Waals surface area contributed by atoms with Gasteiger partial charge in [0.15, 0.2) is 5.78 Å². The van der Waals surface area contributed by atoms with Crippen molar-refractivity contribution in [2.24, 2.45) is 5.73 Å². The number of carbonyl (C=O) groups excluding carboxylic acids is 1. The van der Waals surface area contributed by atoms with Gasteiger partial charge in [0.25, 0.3) is 0 Å². The summed E-state index contributed by atoms with van der Waals surface area (Å²) in [5, 5.41) is 0. The molecule has 0 fully saturated rings. The van der Waals surface area contributed by atoms with Crippen LogP contribution in [0.3, 0.4) is 0 Å². The third-order valence-corrected chi connectivity index (χ3v) is 2.63. The summed E-state index contributed by atoms with van der Waals surface area (Å²) in [6.07, 6.45) is 4.98. The first kappa shape index (κ1) is 26.8. The normalized spacial score (nSPS) is 10.1. The van der Waals surface area contributed by atoms with Gasteiger partial charge in [-0.05, 0) is 13.3 Å². The van der Waals surface area contributed by atoms with Crippen LogP contribution in [0, 0.1) is 51.9 Å². The Balaban J connectivity index is -0.000000384. The van der Waals surface area contributed by atoms with Gasteiger partial charge in [-0.3, -0.25) is 4.79 Å². The Hall–Kier alpha value is -0.0981. The fourth-order valence-corrected chi connectivity index (χ4v) is 1.37. The van der Waals surface area contributed by atoms with Crippen molar-refractivity contribution < 1.29 is 35.9 Å². The largest absolute Gasteiger partial charge is 2.00 e. The van der Waals surface area contributed by atoms with E-state index in [0.717, 1.165) is 36.8 Å². The summed E-state index contributed by atoms with van der Waals surface area (Å²) in [5.74, 6) is 0.0480. The molecule has 0 aliphatic rings. The number of benzene rings is 1. The third-order valence-electron chi connectivity index (χ3n) is 2.63. The van der Waals surface area contributed by atoms with Gasteiger partial charge in [-0.1, -0.05) is 63.4 Å². The van der Waals surface area contributed by atoms with E-state index in [9.17, 15) is 4.79 Å².